The highest BCUT2D eigenvalue weighted by Gasteiger charge is 2.14. The lowest BCUT2D eigenvalue weighted by atomic mass is 10.0. The molecule has 4 N–H and O–H groups in total. The van der Waals surface area contributed by atoms with Crippen molar-refractivity contribution in [2.24, 2.45) is 10.9 Å². The molecule has 0 bridgehead atoms. The number of nitrogens with two attached hydrogens (primary N) is 1. The summed E-state index contributed by atoms with van der Waals surface area (Å²) in [5, 5.41) is 20.7. The van der Waals surface area contributed by atoms with Crippen LogP contribution < -0.4 is 5.73 Å². The molecule has 0 aromatic heterocycles. The zero-order valence-corrected chi connectivity index (χ0v) is 11.9. The lowest BCUT2D eigenvalue weighted by Gasteiger charge is -2.27. The summed E-state index contributed by atoms with van der Waals surface area (Å²) in [6, 6.07) is 4.52. The van der Waals surface area contributed by atoms with E-state index in [0.29, 0.717) is 18.5 Å². The Morgan fingerprint density at radius 3 is 2.70 bits per heavy atom. The summed E-state index contributed by atoms with van der Waals surface area (Å²) in [4.78, 5) is 2.14. The molecule has 0 radical (unpaired) electrons. The van der Waals surface area contributed by atoms with Crippen LogP contribution in [0, 0.1) is 5.82 Å². The van der Waals surface area contributed by atoms with Gasteiger partial charge in [-0.2, -0.15) is 0 Å². The molecule has 0 saturated carbocycles. The first-order valence-corrected chi connectivity index (χ1v) is 6.60. The Labute approximate surface area is 118 Å². The SMILES string of the molecule is CC(C)N(CCCO)Cc1ccc(F)cc1C(N)=NO. The van der Waals surface area contributed by atoms with E-state index in [1.165, 1.54) is 12.1 Å². The average molecular weight is 283 g/mol. The lowest BCUT2D eigenvalue weighted by molar-refractivity contribution is 0.184. The first-order valence-electron chi connectivity index (χ1n) is 6.60. The van der Waals surface area contributed by atoms with Gasteiger partial charge < -0.3 is 16.0 Å². The molecule has 1 aromatic rings. The Hall–Kier alpha value is -1.66. The Balaban J connectivity index is 3.00. The number of oxime groups is 1. The summed E-state index contributed by atoms with van der Waals surface area (Å²) in [6.07, 6.45) is 0.665. The molecule has 0 heterocycles. The lowest BCUT2D eigenvalue weighted by Crippen LogP contribution is -2.32. The van der Waals surface area contributed by atoms with Crippen molar-refractivity contribution in [3.05, 3.63) is 35.1 Å². The molecule has 0 atom stereocenters. The number of benzene rings is 1. The van der Waals surface area contributed by atoms with Crippen molar-refractivity contribution in [2.45, 2.75) is 32.9 Å². The van der Waals surface area contributed by atoms with Gasteiger partial charge in [-0.1, -0.05) is 11.2 Å². The van der Waals surface area contributed by atoms with E-state index in [2.05, 4.69) is 10.1 Å². The van der Waals surface area contributed by atoms with Crippen LogP contribution in [0.5, 0.6) is 0 Å². The summed E-state index contributed by atoms with van der Waals surface area (Å²) in [7, 11) is 0. The van der Waals surface area contributed by atoms with Crippen molar-refractivity contribution < 1.29 is 14.7 Å². The molecule has 1 aromatic carbocycles. The maximum Gasteiger partial charge on any atom is 0.170 e. The monoisotopic (exact) mass is 283 g/mol. The highest BCUT2D eigenvalue weighted by Crippen LogP contribution is 2.16. The molecule has 0 fully saturated rings. The summed E-state index contributed by atoms with van der Waals surface area (Å²) in [5.41, 5.74) is 6.77. The predicted octanol–water partition coefficient (Wildman–Crippen LogP) is 1.51. The van der Waals surface area contributed by atoms with Gasteiger partial charge in [-0.25, -0.2) is 4.39 Å². The van der Waals surface area contributed by atoms with E-state index in [4.69, 9.17) is 16.0 Å². The van der Waals surface area contributed by atoms with Gasteiger partial charge in [-0.05, 0) is 38.0 Å². The molecule has 6 heteroatoms. The third-order valence-electron chi connectivity index (χ3n) is 3.16. The van der Waals surface area contributed by atoms with Gasteiger partial charge in [0.1, 0.15) is 5.82 Å². The summed E-state index contributed by atoms with van der Waals surface area (Å²) >= 11 is 0. The molecule has 0 aliphatic carbocycles. The van der Waals surface area contributed by atoms with Crippen molar-refractivity contribution >= 4 is 5.84 Å². The van der Waals surface area contributed by atoms with Gasteiger partial charge in [0, 0.05) is 31.3 Å². The fourth-order valence-corrected chi connectivity index (χ4v) is 1.99. The highest BCUT2D eigenvalue weighted by atomic mass is 19.1. The molecule has 0 aliphatic heterocycles. The number of aliphatic hydroxyl groups excluding tert-OH is 1. The van der Waals surface area contributed by atoms with Crippen molar-refractivity contribution in [3.8, 4) is 0 Å². The van der Waals surface area contributed by atoms with Crippen LogP contribution in [0.15, 0.2) is 23.4 Å². The van der Waals surface area contributed by atoms with Crippen LogP contribution in [-0.2, 0) is 6.54 Å². The zero-order valence-electron chi connectivity index (χ0n) is 11.9. The molecular weight excluding hydrogens is 261 g/mol. The van der Waals surface area contributed by atoms with E-state index in [1.54, 1.807) is 6.07 Å². The van der Waals surface area contributed by atoms with Crippen molar-refractivity contribution in [1.82, 2.24) is 4.90 Å². The largest absolute Gasteiger partial charge is 0.409 e. The number of aliphatic hydroxyl groups is 1. The Kier molecular flexibility index (Phi) is 6.41. The second-order valence-electron chi connectivity index (χ2n) is 4.93. The fraction of sp³-hybridized carbons (Fsp3) is 0.500. The van der Waals surface area contributed by atoms with E-state index in [9.17, 15) is 4.39 Å². The van der Waals surface area contributed by atoms with E-state index < -0.39 is 5.82 Å². The van der Waals surface area contributed by atoms with Gasteiger partial charge in [0.25, 0.3) is 0 Å². The van der Waals surface area contributed by atoms with Gasteiger partial charge >= 0.3 is 0 Å². The van der Waals surface area contributed by atoms with Crippen molar-refractivity contribution in [3.63, 3.8) is 0 Å². The number of amidine groups is 1. The molecule has 112 valence electrons. The van der Waals surface area contributed by atoms with Crippen molar-refractivity contribution in [1.29, 1.82) is 0 Å². The van der Waals surface area contributed by atoms with Crippen LogP contribution >= 0.6 is 0 Å². The maximum atomic E-state index is 13.3. The predicted molar refractivity (Wildman–Crippen MR) is 76.2 cm³/mol. The standard InChI is InChI=1S/C14H22FN3O2/c1-10(2)18(6-3-7-19)9-11-4-5-12(15)8-13(11)14(16)17-20/h4-5,8,10,19-20H,3,6-7,9H2,1-2H3,(H2,16,17). The molecule has 1 rings (SSSR count). The van der Waals surface area contributed by atoms with Gasteiger partial charge in [0.05, 0.1) is 0 Å². The second-order valence-corrected chi connectivity index (χ2v) is 4.93. The number of hydrogen-bond donors (Lipinski definition) is 3. The maximum absolute atomic E-state index is 13.3. The molecular formula is C14H22FN3O2. The van der Waals surface area contributed by atoms with Gasteiger partial charge in [0.15, 0.2) is 5.84 Å². The minimum atomic E-state index is -0.429. The number of halogens is 1. The van der Waals surface area contributed by atoms with E-state index in [1.807, 2.05) is 13.8 Å². The third-order valence-corrected chi connectivity index (χ3v) is 3.16. The molecule has 0 amide bonds. The van der Waals surface area contributed by atoms with E-state index >= 15 is 0 Å². The summed E-state index contributed by atoms with van der Waals surface area (Å²) < 4.78 is 13.3. The summed E-state index contributed by atoms with van der Waals surface area (Å²) in [6.45, 7) is 5.48. The highest BCUT2D eigenvalue weighted by molar-refractivity contribution is 5.98. The fourth-order valence-electron chi connectivity index (χ4n) is 1.99. The summed E-state index contributed by atoms with van der Waals surface area (Å²) in [5.74, 6) is -0.535. The first-order chi connectivity index (χ1) is 9.49. The minimum absolute atomic E-state index is 0.106. The molecule has 20 heavy (non-hydrogen) atoms. The minimum Gasteiger partial charge on any atom is -0.409 e. The van der Waals surface area contributed by atoms with Crippen LogP contribution in [0.1, 0.15) is 31.4 Å². The van der Waals surface area contributed by atoms with Crippen LogP contribution in [-0.4, -0.2) is 40.2 Å². The average Bonchev–Trinajstić information content (AvgIpc) is 2.43. The molecule has 0 aliphatic rings. The van der Waals surface area contributed by atoms with Gasteiger partial charge in [-0.15, -0.1) is 0 Å². The molecule has 0 unspecified atom stereocenters. The Morgan fingerprint density at radius 2 is 2.15 bits per heavy atom. The molecule has 0 saturated heterocycles. The quantitative estimate of drug-likeness (QED) is 0.307. The van der Waals surface area contributed by atoms with Crippen LogP contribution in [0.25, 0.3) is 0 Å². The molecule has 5 nitrogen and oxygen atoms in total. The Bertz CT molecular complexity index is 464. The van der Waals surface area contributed by atoms with Gasteiger partial charge in [0.2, 0.25) is 0 Å². The topological polar surface area (TPSA) is 82.1 Å². The van der Waals surface area contributed by atoms with Crippen molar-refractivity contribution in [2.75, 3.05) is 13.2 Å². The number of rotatable bonds is 7. The first kappa shape index (κ1) is 16.4. The number of nitrogens with zero attached hydrogens (tertiary/aromatic N) is 2. The Morgan fingerprint density at radius 1 is 1.45 bits per heavy atom. The third kappa shape index (κ3) is 4.47. The zero-order chi connectivity index (χ0) is 15.1. The second kappa shape index (κ2) is 7.81. The van der Waals surface area contributed by atoms with E-state index in [-0.39, 0.29) is 18.5 Å². The smallest absolute Gasteiger partial charge is 0.170 e. The van der Waals surface area contributed by atoms with Crippen LogP contribution in [0.3, 0.4) is 0 Å². The normalized spacial score (nSPS) is 12.4. The van der Waals surface area contributed by atoms with Gasteiger partial charge in [-0.3, -0.25) is 4.90 Å². The van der Waals surface area contributed by atoms with Crippen LogP contribution in [0.4, 0.5) is 4.39 Å². The van der Waals surface area contributed by atoms with Crippen LogP contribution in [0.2, 0.25) is 0 Å². The van der Waals surface area contributed by atoms with E-state index in [0.717, 1.165) is 12.1 Å². The molecule has 0 spiro atoms. The number of hydrogen-bond acceptors (Lipinski definition) is 4.